The standard InChI is InChI=1S/C19H32N8O2Si/c1-13(30(2,3)4)29-19(28)27-9-7-26(8-10-27)18-15-17(22-12-23-18)25-16(24-15)14-11-20-5-6-21-14/h12-14,20-21H,5-11H2,1-4H3,(H,22,23,24,25). The van der Waals surface area contributed by atoms with Crippen molar-refractivity contribution in [2.75, 3.05) is 50.7 Å². The van der Waals surface area contributed by atoms with E-state index in [1.54, 1.807) is 11.2 Å². The first kappa shape index (κ1) is 21.0. The number of fused-ring (bicyclic) bond motifs is 1. The monoisotopic (exact) mass is 432 g/mol. The maximum absolute atomic E-state index is 12.5. The van der Waals surface area contributed by atoms with Gasteiger partial charge in [-0.25, -0.2) is 19.7 Å². The fourth-order valence-corrected chi connectivity index (χ4v) is 4.04. The van der Waals surface area contributed by atoms with Crippen molar-refractivity contribution >= 4 is 31.1 Å². The molecule has 0 spiro atoms. The molecule has 2 aliphatic heterocycles. The highest BCUT2D eigenvalue weighted by Gasteiger charge is 2.30. The Labute approximate surface area is 177 Å². The van der Waals surface area contributed by atoms with Gasteiger partial charge in [-0.2, -0.15) is 0 Å². The summed E-state index contributed by atoms with van der Waals surface area (Å²) < 4.78 is 5.71. The van der Waals surface area contributed by atoms with E-state index in [0.29, 0.717) is 31.8 Å². The van der Waals surface area contributed by atoms with Gasteiger partial charge in [0, 0.05) is 45.8 Å². The molecule has 0 aromatic carbocycles. The maximum Gasteiger partial charge on any atom is 0.409 e. The van der Waals surface area contributed by atoms with Gasteiger partial charge in [-0.15, -0.1) is 0 Å². The lowest BCUT2D eigenvalue weighted by Gasteiger charge is -2.36. The number of carbonyl (C=O) groups is 1. The van der Waals surface area contributed by atoms with Crippen LogP contribution in [0.2, 0.25) is 19.6 Å². The number of hydrogen-bond acceptors (Lipinski definition) is 8. The molecule has 10 nitrogen and oxygen atoms in total. The van der Waals surface area contributed by atoms with Crippen molar-refractivity contribution in [2.45, 2.75) is 38.3 Å². The number of piperazine rings is 2. The molecule has 0 bridgehead atoms. The van der Waals surface area contributed by atoms with Crippen LogP contribution in [-0.4, -0.2) is 90.5 Å². The fourth-order valence-electron chi connectivity index (χ4n) is 3.59. The van der Waals surface area contributed by atoms with E-state index in [1.807, 2.05) is 6.92 Å². The van der Waals surface area contributed by atoms with Gasteiger partial charge in [0.2, 0.25) is 0 Å². The molecule has 2 saturated heterocycles. The molecule has 3 N–H and O–H groups in total. The summed E-state index contributed by atoms with van der Waals surface area (Å²) in [5.41, 5.74) is 1.52. The van der Waals surface area contributed by atoms with Crippen LogP contribution < -0.4 is 15.5 Å². The molecule has 2 aromatic heterocycles. The third-order valence-electron chi connectivity index (χ3n) is 5.99. The van der Waals surface area contributed by atoms with Crippen LogP contribution in [0.1, 0.15) is 18.8 Å². The minimum atomic E-state index is -1.51. The van der Waals surface area contributed by atoms with E-state index < -0.39 is 8.07 Å². The minimum absolute atomic E-state index is 0.00387. The molecular formula is C19H32N8O2Si. The van der Waals surface area contributed by atoms with Gasteiger partial charge in [0.1, 0.15) is 17.7 Å². The highest BCUT2D eigenvalue weighted by Crippen LogP contribution is 2.24. The summed E-state index contributed by atoms with van der Waals surface area (Å²) in [4.78, 5) is 33.5. The van der Waals surface area contributed by atoms with Crippen molar-refractivity contribution in [2.24, 2.45) is 0 Å². The first-order valence-electron chi connectivity index (χ1n) is 10.7. The minimum Gasteiger partial charge on any atom is -0.450 e. The molecule has 4 rings (SSSR count). The number of H-pyrrole nitrogens is 1. The maximum atomic E-state index is 12.5. The number of aromatic amines is 1. The number of amides is 1. The fraction of sp³-hybridized carbons (Fsp3) is 0.684. The predicted molar refractivity (Wildman–Crippen MR) is 118 cm³/mol. The molecule has 164 valence electrons. The highest BCUT2D eigenvalue weighted by atomic mass is 28.3. The number of hydrogen-bond donors (Lipinski definition) is 3. The number of ether oxygens (including phenoxy) is 1. The van der Waals surface area contributed by atoms with Crippen molar-refractivity contribution in [3.63, 3.8) is 0 Å². The van der Waals surface area contributed by atoms with Crippen LogP contribution in [0.5, 0.6) is 0 Å². The summed E-state index contributed by atoms with van der Waals surface area (Å²) in [7, 11) is -1.51. The number of anilines is 1. The molecule has 0 radical (unpaired) electrons. The third-order valence-corrected chi connectivity index (χ3v) is 8.55. The topological polar surface area (TPSA) is 111 Å². The molecule has 11 heteroatoms. The predicted octanol–water partition coefficient (Wildman–Crippen LogP) is 1.11. The summed E-state index contributed by atoms with van der Waals surface area (Å²) >= 11 is 0. The molecule has 2 aliphatic rings. The Hall–Kier alpha value is -2.24. The number of aromatic nitrogens is 4. The van der Waals surface area contributed by atoms with E-state index >= 15 is 0 Å². The van der Waals surface area contributed by atoms with Crippen LogP contribution >= 0.6 is 0 Å². The average Bonchev–Trinajstić information content (AvgIpc) is 3.18. The number of nitrogens with zero attached hydrogens (tertiary/aromatic N) is 5. The van der Waals surface area contributed by atoms with Crippen molar-refractivity contribution in [1.29, 1.82) is 0 Å². The van der Waals surface area contributed by atoms with Crippen LogP contribution in [0.3, 0.4) is 0 Å². The van der Waals surface area contributed by atoms with Crippen LogP contribution in [0.15, 0.2) is 6.33 Å². The normalized spacial score (nSPS) is 21.7. The Kier molecular flexibility index (Phi) is 5.94. The van der Waals surface area contributed by atoms with E-state index in [0.717, 1.165) is 36.8 Å². The molecule has 1 amide bonds. The van der Waals surface area contributed by atoms with E-state index in [1.165, 1.54) is 0 Å². The lowest BCUT2D eigenvalue weighted by Crippen LogP contribution is -2.51. The van der Waals surface area contributed by atoms with Gasteiger partial charge in [0.15, 0.2) is 11.5 Å². The van der Waals surface area contributed by atoms with Crippen LogP contribution in [-0.2, 0) is 4.74 Å². The van der Waals surface area contributed by atoms with E-state index in [-0.39, 0.29) is 17.9 Å². The Morgan fingerprint density at radius 3 is 2.63 bits per heavy atom. The molecule has 2 unspecified atom stereocenters. The van der Waals surface area contributed by atoms with Crippen molar-refractivity contribution < 1.29 is 9.53 Å². The number of nitrogens with one attached hydrogen (secondary N) is 3. The highest BCUT2D eigenvalue weighted by molar-refractivity contribution is 6.77. The van der Waals surface area contributed by atoms with Gasteiger partial charge in [-0.3, -0.25) is 0 Å². The summed E-state index contributed by atoms with van der Waals surface area (Å²) in [5.74, 6) is 1.72. The van der Waals surface area contributed by atoms with Gasteiger partial charge in [-0.05, 0) is 6.92 Å². The molecular weight excluding hydrogens is 400 g/mol. The number of rotatable bonds is 4. The van der Waals surface area contributed by atoms with Gasteiger partial charge >= 0.3 is 6.09 Å². The van der Waals surface area contributed by atoms with Gasteiger partial charge in [-0.1, -0.05) is 19.6 Å². The van der Waals surface area contributed by atoms with Crippen LogP contribution in [0.4, 0.5) is 10.6 Å². The van der Waals surface area contributed by atoms with E-state index in [2.05, 4.69) is 55.1 Å². The molecule has 2 atom stereocenters. The molecule has 2 fully saturated rings. The van der Waals surface area contributed by atoms with E-state index in [9.17, 15) is 4.79 Å². The molecule has 30 heavy (non-hydrogen) atoms. The van der Waals surface area contributed by atoms with Gasteiger partial charge in [0.05, 0.1) is 19.8 Å². The van der Waals surface area contributed by atoms with Crippen molar-refractivity contribution in [3.8, 4) is 0 Å². The molecule has 0 aliphatic carbocycles. The zero-order valence-electron chi connectivity index (χ0n) is 18.2. The van der Waals surface area contributed by atoms with Crippen molar-refractivity contribution in [1.82, 2.24) is 35.5 Å². The van der Waals surface area contributed by atoms with E-state index in [4.69, 9.17) is 4.74 Å². The number of imidazole rings is 1. The number of carbonyl (C=O) groups excluding carboxylic acids is 1. The average molecular weight is 433 g/mol. The van der Waals surface area contributed by atoms with Gasteiger partial charge < -0.3 is 30.2 Å². The smallest absolute Gasteiger partial charge is 0.409 e. The Morgan fingerprint density at radius 1 is 1.20 bits per heavy atom. The Morgan fingerprint density at radius 2 is 1.97 bits per heavy atom. The quantitative estimate of drug-likeness (QED) is 0.616. The third kappa shape index (κ3) is 4.42. The largest absolute Gasteiger partial charge is 0.450 e. The molecule has 2 aromatic rings. The SMILES string of the molecule is CC(OC(=O)N1CCN(c2ncnc3nc(C4CNCCN4)[nH]c23)CC1)[Si](C)(C)C. The zero-order valence-corrected chi connectivity index (χ0v) is 19.2. The summed E-state index contributed by atoms with van der Waals surface area (Å²) in [6, 6.07) is 0.140. The summed E-state index contributed by atoms with van der Waals surface area (Å²) in [6.45, 7) is 13.9. The summed E-state index contributed by atoms with van der Waals surface area (Å²) in [6.07, 6.45) is 1.35. The van der Waals surface area contributed by atoms with Crippen molar-refractivity contribution in [3.05, 3.63) is 12.2 Å². The Balaban J connectivity index is 1.43. The first-order valence-corrected chi connectivity index (χ1v) is 14.3. The second-order valence-electron chi connectivity index (χ2n) is 9.09. The molecule has 0 saturated carbocycles. The Bertz CT molecular complexity index is 884. The van der Waals surface area contributed by atoms with Crippen LogP contribution in [0.25, 0.3) is 11.2 Å². The molecule has 4 heterocycles. The lowest BCUT2D eigenvalue weighted by molar-refractivity contribution is 0.0904. The second kappa shape index (κ2) is 8.48. The first-order chi connectivity index (χ1) is 14.3. The zero-order chi connectivity index (χ0) is 21.3. The van der Waals surface area contributed by atoms with Crippen LogP contribution in [0, 0.1) is 0 Å². The van der Waals surface area contributed by atoms with Gasteiger partial charge in [0.25, 0.3) is 0 Å². The summed E-state index contributed by atoms with van der Waals surface area (Å²) in [5, 5.41) is 6.84. The second-order valence-corrected chi connectivity index (χ2v) is 14.6. The lowest BCUT2D eigenvalue weighted by atomic mass is 10.2.